The zero-order valence-corrected chi connectivity index (χ0v) is 21.8. The molecule has 0 radical (unpaired) electrons. The number of nitrogens with zero attached hydrogens (tertiary/aromatic N) is 3. The summed E-state index contributed by atoms with van der Waals surface area (Å²) in [6.07, 6.45) is 0. The van der Waals surface area contributed by atoms with E-state index in [1.165, 1.54) is 4.31 Å². The summed E-state index contributed by atoms with van der Waals surface area (Å²) in [6, 6.07) is 25.6. The quantitative estimate of drug-likeness (QED) is 0.275. The highest BCUT2D eigenvalue weighted by molar-refractivity contribution is 7.89. The van der Waals surface area contributed by atoms with Crippen LogP contribution in [0.2, 0.25) is 0 Å². The molecule has 0 aliphatic rings. The van der Waals surface area contributed by atoms with Crippen LogP contribution in [0.3, 0.4) is 0 Å². The molecule has 8 heteroatoms. The number of sulfonamides is 1. The summed E-state index contributed by atoms with van der Waals surface area (Å²) in [5.74, 6) is 1.85. The molecule has 0 saturated heterocycles. The molecule has 4 aromatic rings. The Morgan fingerprint density at radius 1 is 0.889 bits per heavy atom. The summed E-state index contributed by atoms with van der Waals surface area (Å²) in [5.41, 5.74) is 2.27. The van der Waals surface area contributed by atoms with Gasteiger partial charge in [-0.3, -0.25) is 0 Å². The van der Waals surface area contributed by atoms with E-state index in [2.05, 4.69) is 0 Å². The van der Waals surface area contributed by atoms with Crippen molar-refractivity contribution in [2.75, 3.05) is 13.7 Å². The van der Waals surface area contributed by atoms with Crippen molar-refractivity contribution in [1.82, 2.24) is 14.1 Å². The SMILES string of the molecule is COc1ccc(S(=O)(=O)N(Cc2c(-c3ccccc3)nn(C)c2Oc2ccccc2)CC(C)C)cc1. The van der Waals surface area contributed by atoms with Crippen LogP contribution >= 0.6 is 0 Å². The summed E-state index contributed by atoms with van der Waals surface area (Å²) in [4.78, 5) is 0.208. The van der Waals surface area contributed by atoms with Crippen LogP contribution in [0, 0.1) is 5.92 Å². The summed E-state index contributed by atoms with van der Waals surface area (Å²) in [6.45, 7) is 4.44. The van der Waals surface area contributed by atoms with Crippen LogP contribution in [0.15, 0.2) is 89.8 Å². The fraction of sp³-hybridized carbons (Fsp3) is 0.250. The number of aromatic nitrogens is 2. The Morgan fingerprint density at radius 3 is 2.08 bits per heavy atom. The summed E-state index contributed by atoms with van der Waals surface area (Å²) in [5, 5.41) is 4.74. The van der Waals surface area contributed by atoms with Crippen LogP contribution in [0.1, 0.15) is 19.4 Å². The first kappa shape index (κ1) is 25.5. The molecule has 36 heavy (non-hydrogen) atoms. The highest BCUT2D eigenvalue weighted by atomic mass is 32.2. The predicted molar refractivity (Wildman–Crippen MR) is 141 cm³/mol. The van der Waals surface area contributed by atoms with Crippen molar-refractivity contribution in [2.24, 2.45) is 13.0 Å². The first-order valence-corrected chi connectivity index (χ1v) is 13.2. The van der Waals surface area contributed by atoms with Gasteiger partial charge in [-0.1, -0.05) is 62.4 Å². The lowest BCUT2D eigenvalue weighted by Gasteiger charge is -2.24. The first-order valence-electron chi connectivity index (χ1n) is 11.8. The normalized spacial score (nSPS) is 11.7. The van der Waals surface area contributed by atoms with Crippen LogP contribution in [0.25, 0.3) is 11.3 Å². The van der Waals surface area contributed by atoms with Crippen molar-refractivity contribution >= 4 is 10.0 Å². The summed E-state index contributed by atoms with van der Waals surface area (Å²) < 4.78 is 42.3. The summed E-state index contributed by atoms with van der Waals surface area (Å²) >= 11 is 0. The molecule has 0 aliphatic carbocycles. The highest BCUT2D eigenvalue weighted by Crippen LogP contribution is 2.35. The Hall–Kier alpha value is -3.62. The maximum atomic E-state index is 13.8. The van der Waals surface area contributed by atoms with E-state index in [1.54, 1.807) is 43.1 Å². The zero-order chi connectivity index (χ0) is 25.7. The van der Waals surface area contributed by atoms with Crippen molar-refractivity contribution in [1.29, 1.82) is 0 Å². The van der Waals surface area contributed by atoms with Gasteiger partial charge in [0.05, 0.1) is 17.6 Å². The largest absolute Gasteiger partial charge is 0.497 e. The average Bonchev–Trinajstić information content (AvgIpc) is 3.19. The molecular weight excluding hydrogens is 474 g/mol. The third kappa shape index (κ3) is 5.61. The molecule has 0 N–H and O–H groups in total. The maximum Gasteiger partial charge on any atom is 0.243 e. The number of para-hydroxylation sites is 1. The fourth-order valence-corrected chi connectivity index (χ4v) is 5.55. The Bertz CT molecular complexity index is 1380. The molecule has 7 nitrogen and oxygen atoms in total. The lowest BCUT2D eigenvalue weighted by molar-refractivity contribution is 0.353. The monoisotopic (exact) mass is 505 g/mol. The molecule has 188 valence electrons. The van der Waals surface area contributed by atoms with E-state index in [4.69, 9.17) is 14.6 Å². The number of hydrogen-bond acceptors (Lipinski definition) is 5. The van der Waals surface area contributed by atoms with Gasteiger partial charge in [0.2, 0.25) is 15.9 Å². The van der Waals surface area contributed by atoms with E-state index in [-0.39, 0.29) is 17.4 Å². The molecule has 4 rings (SSSR count). The van der Waals surface area contributed by atoms with E-state index in [9.17, 15) is 8.42 Å². The minimum atomic E-state index is -3.81. The highest BCUT2D eigenvalue weighted by Gasteiger charge is 2.30. The molecule has 0 spiro atoms. The molecule has 0 atom stereocenters. The number of methoxy groups -OCH3 is 1. The summed E-state index contributed by atoms with van der Waals surface area (Å²) in [7, 11) is -0.457. The molecule has 0 fully saturated rings. The predicted octanol–water partition coefficient (Wildman–Crippen LogP) is 5.73. The van der Waals surface area contributed by atoms with Gasteiger partial charge in [0.15, 0.2) is 0 Å². The molecule has 1 heterocycles. The van der Waals surface area contributed by atoms with Gasteiger partial charge >= 0.3 is 0 Å². The van der Waals surface area contributed by atoms with Crippen LogP contribution in [-0.4, -0.2) is 36.2 Å². The third-order valence-corrected chi connectivity index (χ3v) is 7.52. The van der Waals surface area contributed by atoms with Crippen LogP contribution in [0.5, 0.6) is 17.4 Å². The Balaban J connectivity index is 1.81. The van der Waals surface area contributed by atoms with Gasteiger partial charge in [0.25, 0.3) is 0 Å². The molecule has 1 aromatic heterocycles. The second kappa shape index (κ2) is 11.0. The number of rotatable bonds is 10. The first-order chi connectivity index (χ1) is 17.3. The Labute approximate surface area is 213 Å². The fourth-order valence-electron chi connectivity index (χ4n) is 3.98. The maximum absolute atomic E-state index is 13.8. The molecule has 0 unspecified atom stereocenters. The van der Waals surface area contributed by atoms with Gasteiger partial charge in [0.1, 0.15) is 17.2 Å². The second-order valence-electron chi connectivity index (χ2n) is 8.90. The van der Waals surface area contributed by atoms with E-state index in [1.807, 2.05) is 74.5 Å². The minimum Gasteiger partial charge on any atom is -0.497 e. The van der Waals surface area contributed by atoms with Gasteiger partial charge in [-0.25, -0.2) is 13.1 Å². The third-order valence-electron chi connectivity index (χ3n) is 5.69. The van der Waals surface area contributed by atoms with Gasteiger partial charge in [-0.05, 0) is 42.3 Å². The van der Waals surface area contributed by atoms with E-state index >= 15 is 0 Å². The van der Waals surface area contributed by atoms with Crippen LogP contribution < -0.4 is 9.47 Å². The minimum absolute atomic E-state index is 0.104. The average molecular weight is 506 g/mol. The Kier molecular flexibility index (Phi) is 7.76. The van der Waals surface area contributed by atoms with Gasteiger partial charge in [-0.2, -0.15) is 9.40 Å². The van der Waals surface area contributed by atoms with Crippen molar-refractivity contribution in [3.63, 3.8) is 0 Å². The number of benzene rings is 3. The molecule has 3 aromatic carbocycles. The molecular formula is C28H31N3O4S. The smallest absolute Gasteiger partial charge is 0.243 e. The zero-order valence-electron chi connectivity index (χ0n) is 21.0. The number of hydrogen-bond donors (Lipinski definition) is 0. The lowest BCUT2D eigenvalue weighted by Crippen LogP contribution is -2.34. The van der Waals surface area contributed by atoms with Gasteiger partial charge in [-0.15, -0.1) is 0 Å². The van der Waals surface area contributed by atoms with E-state index in [0.717, 1.165) is 5.56 Å². The lowest BCUT2D eigenvalue weighted by atomic mass is 10.1. The number of aryl methyl sites for hydroxylation is 1. The van der Waals surface area contributed by atoms with Gasteiger partial charge < -0.3 is 9.47 Å². The topological polar surface area (TPSA) is 73.7 Å². The standard InChI is InChI=1S/C28H31N3O4S/c1-21(2)19-31(36(32,33)25-17-15-23(34-4)16-18-25)20-26-27(22-11-7-5-8-12-22)29-30(3)28(26)35-24-13-9-6-10-14-24/h5-18,21H,19-20H2,1-4H3. The Morgan fingerprint density at radius 2 is 1.50 bits per heavy atom. The van der Waals surface area contributed by atoms with E-state index in [0.29, 0.717) is 35.2 Å². The molecule has 0 bridgehead atoms. The van der Waals surface area contributed by atoms with Crippen molar-refractivity contribution in [3.05, 3.63) is 90.5 Å². The van der Waals surface area contributed by atoms with Crippen LogP contribution in [0.4, 0.5) is 0 Å². The molecule has 0 saturated carbocycles. The van der Waals surface area contributed by atoms with Crippen molar-refractivity contribution in [3.8, 4) is 28.6 Å². The van der Waals surface area contributed by atoms with Gasteiger partial charge in [0, 0.05) is 25.7 Å². The van der Waals surface area contributed by atoms with Crippen molar-refractivity contribution < 1.29 is 17.9 Å². The second-order valence-corrected chi connectivity index (χ2v) is 10.8. The number of ether oxygens (including phenoxy) is 2. The van der Waals surface area contributed by atoms with Crippen molar-refractivity contribution in [2.45, 2.75) is 25.3 Å². The van der Waals surface area contributed by atoms with Crippen LogP contribution in [-0.2, 0) is 23.6 Å². The molecule has 0 amide bonds. The molecule has 0 aliphatic heterocycles. The van der Waals surface area contributed by atoms with E-state index < -0.39 is 10.0 Å².